The zero-order valence-corrected chi connectivity index (χ0v) is 31.0. The average Bonchev–Trinajstić information content (AvgIpc) is 3.25. The van der Waals surface area contributed by atoms with Gasteiger partial charge in [-0.25, -0.2) is 0 Å². The van der Waals surface area contributed by atoms with Gasteiger partial charge in [-0.15, -0.1) is 0 Å². The highest BCUT2D eigenvalue weighted by Gasteiger charge is 2.29. The molecule has 0 aliphatic heterocycles. The third kappa shape index (κ3) is 6.86. The summed E-state index contributed by atoms with van der Waals surface area (Å²) in [6.07, 6.45) is 0. The highest BCUT2D eigenvalue weighted by Crippen LogP contribution is 2.53. The van der Waals surface area contributed by atoms with E-state index in [1.165, 1.54) is 31.8 Å². The Morgan fingerprint density at radius 2 is 0.453 bits per heavy atom. The zero-order valence-electron chi connectivity index (χ0n) is 29.2. The number of nitrogens with zero attached hydrogens (tertiary/aromatic N) is 2. The molecule has 1 N–H and O–H groups in total. The molecule has 0 bridgehead atoms. The van der Waals surface area contributed by atoms with E-state index in [2.05, 4.69) is 236 Å². The van der Waals surface area contributed by atoms with Crippen molar-refractivity contribution in [1.82, 2.24) is 0 Å². The van der Waals surface area contributed by atoms with Crippen LogP contribution in [0.5, 0.6) is 0 Å². The van der Waals surface area contributed by atoms with Crippen LogP contribution in [0.2, 0.25) is 0 Å². The van der Waals surface area contributed by atoms with Gasteiger partial charge in [-0.3, -0.25) is 9.49 Å². The monoisotopic (exact) mass is 719 g/mol. The van der Waals surface area contributed by atoms with Crippen molar-refractivity contribution < 1.29 is 0 Å². The van der Waals surface area contributed by atoms with Crippen LogP contribution in [0, 0.1) is 0 Å². The predicted octanol–water partition coefficient (Wildman–Crippen LogP) is 11.0. The molecule has 0 unspecified atom stereocenters. The van der Waals surface area contributed by atoms with Gasteiger partial charge < -0.3 is 5.32 Å². The van der Waals surface area contributed by atoms with E-state index in [0.717, 1.165) is 22.7 Å². The lowest BCUT2D eigenvalue weighted by Gasteiger charge is -2.28. The van der Waals surface area contributed by atoms with E-state index >= 15 is 0 Å². The molecule has 0 amide bonds. The van der Waals surface area contributed by atoms with Gasteiger partial charge >= 0.3 is 0 Å². The lowest BCUT2D eigenvalue weighted by atomic mass is 10.2. The number of para-hydroxylation sites is 2. The molecule has 8 aromatic rings. The van der Waals surface area contributed by atoms with Crippen LogP contribution in [0.1, 0.15) is 0 Å². The fraction of sp³-hybridized carbons (Fsp3) is 0. The molecule has 0 radical (unpaired) electrons. The summed E-state index contributed by atoms with van der Waals surface area (Å²) in [6, 6.07) is 81.4. The van der Waals surface area contributed by atoms with Crippen molar-refractivity contribution in [2.45, 2.75) is 0 Å². The van der Waals surface area contributed by atoms with Crippen molar-refractivity contribution in [1.29, 1.82) is 0 Å². The molecule has 5 heteroatoms. The largest absolute Gasteiger partial charge is 0.352 e. The van der Waals surface area contributed by atoms with Crippen molar-refractivity contribution in [2.75, 3.05) is 5.32 Å². The lowest BCUT2D eigenvalue weighted by Crippen LogP contribution is -2.25. The molecular formula is C48H39N3P2. The van der Waals surface area contributed by atoms with E-state index in [1.54, 1.807) is 0 Å². The van der Waals surface area contributed by atoms with Crippen LogP contribution in [0.4, 0.5) is 22.7 Å². The number of anilines is 2. The van der Waals surface area contributed by atoms with Crippen LogP contribution in [0.3, 0.4) is 0 Å². The van der Waals surface area contributed by atoms with Crippen LogP contribution in [0.15, 0.2) is 240 Å². The molecule has 0 saturated heterocycles. The molecule has 53 heavy (non-hydrogen) atoms. The summed E-state index contributed by atoms with van der Waals surface area (Å²) in [5.74, 6) is 0. The summed E-state index contributed by atoms with van der Waals surface area (Å²) in [7, 11) is -5.01. The van der Waals surface area contributed by atoms with Crippen molar-refractivity contribution in [3.63, 3.8) is 0 Å². The minimum absolute atomic E-state index is 0.891. The highest BCUT2D eigenvalue weighted by molar-refractivity contribution is 7.88. The Labute approximate surface area is 312 Å². The first-order valence-corrected chi connectivity index (χ1v) is 21.3. The molecule has 3 nitrogen and oxygen atoms in total. The van der Waals surface area contributed by atoms with Crippen LogP contribution < -0.4 is 37.1 Å². The Morgan fingerprint density at radius 3 is 0.698 bits per heavy atom. The molecular weight excluding hydrogens is 680 g/mol. The van der Waals surface area contributed by atoms with Crippen LogP contribution in [-0.4, -0.2) is 0 Å². The van der Waals surface area contributed by atoms with Gasteiger partial charge in [-0.1, -0.05) is 206 Å². The van der Waals surface area contributed by atoms with Gasteiger partial charge in [-0.05, 0) is 24.3 Å². The van der Waals surface area contributed by atoms with Crippen molar-refractivity contribution in [3.8, 4) is 0 Å². The van der Waals surface area contributed by atoms with Gasteiger partial charge in [-0.2, -0.15) is 0 Å². The van der Waals surface area contributed by atoms with E-state index in [4.69, 9.17) is 9.49 Å². The van der Waals surface area contributed by atoms with Crippen LogP contribution >= 0.6 is 14.1 Å². The summed E-state index contributed by atoms with van der Waals surface area (Å²) >= 11 is 0. The fourth-order valence-corrected chi connectivity index (χ4v) is 14.0. The normalized spacial score (nSPS) is 11.4. The molecule has 0 aliphatic carbocycles. The molecule has 0 aromatic heterocycles. The minimum atomic E-state index is -2.51. The van der Waals surface area contributed by atoms with E-state index in [0.29, 0.717) is 0 Å². The molecule has 0 aliphatic rings. The number of hydrogen-bond donors (Lipinski definition) is 1. The fourth-order valence-electron chi connectivity index (χ4n) is 6.90. The van der Waals surface area contributed by atoms with Gasteiger partial charge in [0.15, 0.2) is 0 Å². The third-order valence-corrected chi connectivity index (χ3v) is 16.7. The molecule has 0 saturated carbocycles. The molecule has 0 heterocycles. The van der Waals surface area contributed by atoms with Gasteiger partial charge in [0, 0.05) is 31.8 Å². The second-order valence-electron chi connectivity index (χ2n) is 12.6. The maximum absolute atomic E-state index is 5.87. The highest BCUT2D eigenvalue weighted by atomic mass is 31.2. The van der Waals surface area contributed by atoms with E-state index in [1.807, 2.05) is 0 Å². The van der Waals surface area contributed by atoms with Crippen LogP contribution in [0.25, 0.3) is 0 Å². The Hall–Kier alpha value is -5.98. The number of rotatable bonds is 10. The molecule has 256 valence electrons. The van der Waals surface area contributed by atoms with Gasteiger partial charge in [0.25, 0.3) is 0 Å². The number of nitrogens with one attached hydrogen (secondary N) is 1. The van der Waals surface area contributed by atoms with Crippen LogP contribution in [-0.2, 0) is 0 Å². The van der Waals surface area contributed by atoms with Crippen molar-refractivity contribution in [2.24, 2.45) is 9.49 Å². The predicted molar refractivity (Wildman–Crippen MR) is 231 cm³/mol. The summed E-state index contributed by atoms with van der Waals surface area (Å²) in [4.78, 5) is 0. The molecule has 8 rings (SSSR count). The second kappa shape index (κ2) is 15.7. The van der Waals surface area contributed by atoms with Gasteiger partial charge in [0.1, 0.15) is 0 Å². The summed E-state index contributed by atoms with van der Waals surface area (Å²) in [5, 5.41) is 11.0. The Morgan fingerprint density at radius 1 is 0.245 bits per heavy atom. The van der Waals surface area contributed by atoms with E-state index < -0.39 is 14.1 Å². The Bertz CT molecular complexity index is 2140. The summed E-state index contributed by atoms with van der Waals surface area (Å²) in [6.45, 7) is 0. The van der Waals surface area contributed by atoms with Gasteiger partial charge in [0.2, 0.25) is 0 Å². The van der Waals surface area contributed by atoms with Crippen molar-refractivity contribution >= 4 is 68.7 Å². The first-order valence-electron chi connectivity index (χ1n) is 17.8. The summed E-state index contributed by atoms with van der Waals surface area (Å²) < 4.78 is 11.7. The average molecular weight is 720 g/mol. The smallest absolute Gasteiger partial charge is 0.0860 e. The molecule has 0 atom stereocenters. The minimum Gasteiger partial charge on any atom is -0.352 e. The molecule has 8 aromatic carbocycles. The standard InChI is InChI=1S/C48H39N3P2/c1-7-23-39(24-8-1)52(40-25-9-2-10-26-40,41-27-11-3-12-28-41)50-47-37-21-19-35-45(47)49-46-36-20-22-38-48(46)51-53(42-29-13-4-14-30-42,43-31-15-5-16-32-43)44-33-17-6-18-34-44/h1-38,49H. The molecule has 0 spiro atoms. The Kier molecular flexibility index (Phi) is 10.1. The van der Waals surface area contributed by atoms with Crippen molar-refractivity contribution in [3.05, 3.63) is 231 Å². The van der Waals surface area contributed by atoms with E-state index in [-0.39, 0.29) is 0 Å². The lowest BCUT2D eigenvalue weighted by molar-refractivity contribution is 1.46. The zero-order chi connectivity index (χ0) is 35.8. The maximum Gasteiger partial charge on any atom is 0.0860 e. The quantitative estimate of drug-likeness (QED) is 0.140. The number of benzene rings is 8. The number of hydrogen-bond acceptors (Lipinski definition) is 3. The third-order valence-electron chi connectivity index (χ3n) is 9.37. The Balaban J connectivity index is 1.36. The SMILES string of the molecule is c1ccc(P(=Nc2ccccc2Nc2ccccc2N=P(c2ccccc2)(c2ccccc2)c2ccccc2)(c2ccccc2)c2ccccc2)cc1. The molecule has 0 fully saturated rings. The topological polar surface area (TPSA) is 36.8 Å². The second-order valence-corrected chi connectivity index (χ2v) is 18.7. The van der Waals surface area contributed by atoms with Gasteiger partial charge in [0.05, 0.1) is 36.9 Å². The van der Waals surface area contributed by atoms with E-state index in [9.17, 15) is 0 Å². The maximum atomic E-state index is 5.87. The first-order chi connectivity index (χ1) is 26.3. The summed E-state index contributed by atoms with van der Waals surface area (Å²) in [5.41, 5.74) is 3.63. The first kappa shape index (κ1) is 34.1.